The van der Waals surface area contributed by atoms with Crippen molar-refractivity contribution in [3.8, 4) is 11.1 Å². The maximum atomic E-state index is 7.81. The zero-order chi connectivity index (χ0) is 49.2. The highest BCUT2D eigenvalue weighted by atomic mass is 16.3. The van der Waals surface area contributed by atoms with E-state index in [2.05, 4.69) is 220 Å². The van der Waals surface area contributed by atoms with E-state index in [9.17, 15) is 0 Å². The fraction of sp³-hybridized carbons (Fsp3) is 0.469. The molecule has 5 aromatic carbocycles. The molecule has 4 aliphatic rings. The summed E-state index contributed by atoms with van der Waals surface area (Å²) in [5.41, 5.74) is 26.0. The third-order valence-electron chi connectivity index (χ3n) is 17.3. The molecule has 354 valence electrons. The SMILES string of the molecule is Cc1cc(C)c(-c2cc(C(C)C)ccc2N2c3cc4c(cc3B3c5oc6c(c5N(c5ccc(C(C)(C)C)cc5)c5cc(C(C)(C)C)cc2c53)C(C)(C)CCC6(C)C)C(C)(C)CCC4(C)C)c(C)c1. The van der Waals surface area contributed by atoms with E-state index in [1.807, 2.05) is 0 Å². The molecule has 2 aliphatic heterocycles. The van der Waals surface area contributed by atoms with Crippen LogP contribution in [0.3, 0.4) is 0 Å². The molecule has 0 spiro atoms. The molecule has 10 rings (SSSR count). The summed E-state index contributed by atoms with van der Waals surface area (Å²) in [6.45, 7) is 45.3. The largest absolute Gasteiger partial charge is 0.472 e. The summed E-state index contributed by atoms with van der Waals surface area (Å²) in [6, 6.07) is 32.1. The van der Waals surface area contributed by atoms with Crippen molar-refractivity contribution in [2.24, 2.45) is 0 Å². The van der Waals surface area contributed by atoms with Crippen molar-refractivity contribution in [2.75, 3.05) is 9.80 Å². The summed E-state index contributed by atoms with van der Waals surface area (Å²) in [7, 11) is 0. The van der Waals surface area contributed by atoms with Crippen molar-refractivity contribution < 1.29 is 4.42 Å². The van der Waals surface area contributed by atoms with Crippen LogP contribution in [-0.4, -0.2) is 6.71 Å². The Hall–Kier alpha value is -4.96. The lowest BCUT2D eigenvalue weighted by atomic mass is 9.34. The molecule has 3 nitrogen and oxygen atoms in total. The Balaban J connectivity index is 1.41. The third-order valence-corrected chi connectivity index (χ3v) is 17.3. The maximum absolute atomic E-state index is 7.81. The molecule has 0 fully saturated rings. The number of hydrogen-bond acceptors (Lipinski definition) is 3. The van der Waals surface area contributed by atoms with E-state index in [4.69, 9.17) is 4.42 Å². The first-order valence-corrected chi connectivity index (χ1v) is 26.0. The molecule has 2 aliphatic carbocycles. The number of hydrogen-bond donors (Lipinski definition) is 0. The summed E-state index contributed by atoms with van der Waals surface area (Å²) < 4.78 is 7.81. The van der Waals surface area contributed by atoms with E-state index in [1.165, 1.54) is 112 Å². The molecule has 0 bridgehead atoms. The van der Waals surface area contributed by atoms with Crippen molar-refractivity contribution in [2.45, 2.75) is 196 Å². The van der Waals surface area contributed by atoms with Gasteiger partial charge in [0.25, 0.3) is 6.71 Å². The van der Waals surface area contributed by atoms with Gasteiger partial charge in [-0.2, -0.15) is 0 Å². The Bertz CT molecular complexity index is 3020. The lowest BCUT2D eigenvalue weighted by Crippen LogP contribution is -2.61. The fourth-order valence-electron chi connectivity index (χ4n) is 12.8. The number of rotatable bonds is 4. The molecule has 3 heterocycles. The van der Waals surface area contributed by atoms with Crippen molar-refractivity contribution in [3.05, 3.63) is 135 Å². The van der Waals surface area contributed by atoms with Crippen molar-refractivity contribution in [1.82, 2.24) is 0 Å². The summed E-state index contributed by atoms with van der Waals surface area (Å²) in [4.78, 5) is 5.38. The molecule has 0 amide bonds. The van der Waals surface area contributed by atoms with Gasteiger partial charge in [-0.1, -0.05) is 153 Å². The molecule has 0 N–H and O–H groups in total. The van der Waals surface area contributed by atoms with E-state index >= 15 is 0 Å². The first kappa shape index (κ1) is 46.8. The first-order chi connectivity index (χ1) is 31.5. The van der Waals surface area contributed by atoms with Crippen LogP contribution in [0.15, 0.2) is 83.3 Å². The van der Waals surface area contributed by atoms with Crippen LogP contribution < -0.4 is 26.4 Å². The summed E-state index contributed by atoms with van der Waals surface area (Å²) in [5, 5.41) is 0. The van der Waals surface area contributed by atoms with Crippen LogP contribution in [0.25, 0.3) is 11.1 Å². The Morgan fingerprint density at radius 3 is 1.68 bits per heavy atom. The van der Waals surface area contributed by atoms with Gasteiger partial charge in [0, 0.05) is 39.3 Å². The number of benzene rings is 5. The Morgan fingerprint density at radius 2 is 1.10 bits per heavy atom. The number of nitrogens with zero attached hydrogens (tertiary/aromatic N) is 2. The molecule has 1 aromatic heterocycles. The van der Waals surface area contributed by atoms with Crippen molar-refractivity contribution in [1.29, 1.82) is 0 Å². The molecular weight excluding hydrogens is 824 g/mol. The molecule has 0 unspecified atom stereocenters. The molecule has 0 saturated heterocycles. The fourth-order valence-corrected chi connectivity index (χ4v) is 12.8. The van der Waals surface area contributed by atoms with Crippen LogP contribution >= 0.6 is 0 Å². The summed E-state index contributed by atoms with van der Waals surface area (Å²) in [5.74, 6) is 1.55. The first-order valence-electron chi connectivity index (χ1n) is 26.0. The maximum Gasteiger partial charge on any atom is 0.297 e. The lowest BCUT2D eigenvalue weighted by molar-refractivity contribution is 0.282. The second-order valence-electron chi connectivity index (χ2n) is 26.8. The van der Waals surface area contributed by atoms with E-state index < -0.39 is 0 Å². The van der Waals surface area contributed by atoms with Crippen molar-refractivity contribution >= 4 is 57.4 Å². The van der Waals surface area contributed by atoms with Gasteiger partial charge in [-0.15, -0.1) is 0 Å². The van der Waals surface area contributed by atoms with Gasteiger partial charge >= 0.3 is 0 Å². The average Bonchev–Trinajstić information content (AvgIpc) is 3.66. The highest BCUT2D eigenvalue weighted by Crippen LogP contribution is 2.57. The van der Waals surface area contributed by atoms with Crippen LogP contribution in [0.4, 0.5) is 34.1 Å². The zero-order valence-corrected chi connectivity index (χ0v) is 45.3. The van der Waals surface area contributed by atoms with Gasteiger partial charge < -0.3 is 14.2 Å². The second-order valence-corrected chi connectivity index (χ2v) is 26.8. The monoisotopic (exact) mass is 903 g/mol. The van der Waals surface area contributed by atoms with Crippen molar-refractivity contribution in [3.63, 3.8) is 0 Å². The minimum Gasteiger partial charge on any atom is -0.472 e. The molecule has 0 atom stereocenters. The topological polar surface area (TPSA) is 19.6 Å². The van der Waals surface area contributed by atoms with Crippen LogP contribution in [0.5, 0.6) is 0 Å². The third kappa shape index (κ3) is 7.10. The minimum atomic E-state index is -0.136. The number of anilines is 6. The van der Waals surface area contributed by atoms with Crippen LogP contribution in [0.1, 0.15) is 198 Å². The number of furan rings is 1. The molecule has 68 heavy (non-hydrogen) atoms. The zero-order valence-electron chi connectivity index (χ0n) is 45.3. The predicted octanol–water partition coefficient (Wildman–Crippen LogP) is 16.4. The van der Waals surface area contributed by atoms with Gasteiger partial charge in [-0.05, 0) is 177 Å². The normalized spacial score (nSPS) is 18.5. The van der Waals surface area contributed by atoms with Crippen LogP contribution in [-0.2, 0) is 32.5 Å². The smallest absolute Gasteiger partial charge is 0.297 e. The standard InChI is InChI=1S/C64H79BN2O/c1-37(2)41-20-25-49(45(32-41)53-39(4)30-38(3)31-40(53)5)67-50-36-47-46(61(12,13)26-27-62(47,14)15)35-48(50)65-55-51(33-43(34-52(55)67)60(9,10)11)66(44-23-21-42(22-24-44)59(6,7)8)56-54-57(68-58(56)65)64(18,19)29-28-63(54,16)17/h20-25,30-37H,26-29H2,1-19H3. The molecule has 4 heteroatoms. The van der Waals surface area contributed by atoms with Gasteiger partial charge in [0.2, 0.25) is 0 Å². The van der Waals surface area contributed by atoms with E-state index in [-0.39, 0.29) is 39.2 Å². The molecule has 0 radical (unpaired) electrons. The molecule has 6 aromatic rings. The van der Waals surface area contributed by atoms with Gasteiger partial charge in [0.1, 0.15) is 5.76 Å². The minimum absolute atomic E-state index is 0.0181. The van der Waals surface area contributed by atoms with E-state index in [0.29, 0.717) is 5.92 Å². The molecule has 0 saturated carbocycles. The Labute approximate surface area is 411 Å². The average molecular weight is 903 g/mol. The quantitative estimate of drug-likeness (QED) is 0.164. The summed E-state index contributed by atoms with van der Waals surface area (Å²) in [6.07, 6.45) is 4.51. The predicted molar refractivity (Wildman–Crippen MR) is 294 cm³/mol. The second kappa shape index (κ2) is 15.0. The highest BCUT2D eigenvalue weighted by Gasteiger charge is 2.53. The van der Waals surface area contributed by atoms with Gasteiger partial charge in [-0.25, -0.2) is 0 Å². The van der Waals surface area contributed by atoms with Crippen LogP contribution in [0.2, 0.25) is 0 Å². The Morgan fingerprint density at radius 1 is 0.559 bits per heavy atom. The molecular formula is C64H79BN2O. The van der Waals surface area contributed by atoms with Gasteiger partial charge in [0.05, 0.1) is 17.0 Å². The van der Waals surface area contributed by atoms with E-state index in [0.717, 1.165) is 31.3 Å². The van der Waals surface area contributed by atoms with E-state index in [1.54, 1.807) is 0 Å². The van der Waals surface area contributed by atoms with Crippen LogP contribution in [0, 0.1) is 20.8 Å². The number of fused-ring (bicyclic) bond motifs is 7. The lowest BCUT2D eigenvalue weighted by Gasteiger charge is -2.47. The summed E-state index contributed by atoms with van der Waals surface area (Å²) >= 11 is 0. The van der Waals surface area contributed by atoms with Gasteiger partial charge in [-0.3, -0.25) is 0 Å². The highest BCUT2D eigenvalue weighted by molar-refractivity contribution is 6.99. The number of aryl methyl sites for hydroxylation is 3. The Kier molecular flexibility index (Phi) is 10.3. The van der Waals surface area contributed by atoms with Gasteiger partial charge in [0.15, 0.2) is 0 Å².